The van der Waals surface area contributed by atoms with Crippen LogP contribution in [0.2, 0.25) is 0 Å². The average Bonchev–Trinajstić information content (AvgIpc) is 3.08. The second-order valence-electron chi connectivity index (χ2n) is 5.95. The quantitative estimate of drug-likeness (QED) is 0.581. The van der Waals surface area contributed by atoms with Crippen LogP contribution in [0.5, 0.6) is 0 Å². The predicted octanol–water partition coefficient (Wildman–Crippen LogP) is 2.45. The lowest BCUT2D eigenvalue weighted by Crippen LogP contribution is -2.32. The second kappa shape index (κ2) is 3.78. The van der Waals surface area contributed by atoms with Gasteiger partial charge >= 0.3 is 0 Å². The van der Waals surface area contributed by atoms with Gasteiger partial charge in [-0.1, -0.05) is 18.2 Å². The zero-order valence-corrected chi connectivity index (χ0v) is 11.0. The highest BCUT2D eigenvalue weighted by atomic mass is 19.1. The fourth-order valence-corrected chi connectivity index (χ4v) is 3.88. The van der Waals surface area contributed by atoms with Crippen molar-refractivity contribution >= 4 is 17.5 Å². The van der Waals surface area contributed by atoms with Crippen molar-refractivity contribution in [2.45, 2.75) is 13.3 Å². The Labute approximate surface area is 116 Å². The van der Waals surface area contributed by atoms with E-state index in [2.05, 4.69) is 12.2 Å². The molecule has 2 bridgehead atoms. The first-order chi connectivity index (χ1) is 9.58. The number of carbonyl (C=O) groups excluding carboxylic acids is 2. The van der Waals surface area contributed by atoms with Gasteiger partial charge in [0.2, 0.25) is 11.8 Å². The number of carbonyl (C=O) groups is 2. The van der Waals surface area contributed by atoms with E-state index in [0.717, 1.165) is 6.42 Å². The minimum absolute atomic E-state index is 0.167. The maximum absolute atomic E-state index is 13.7. The van der Waals surface area contributed by atoms with Crippen LogP contribution in [0, 0.1) is 36.4 Å². The Morgan fingerprint density at radius 1 is 1.10 bits per heavy atom. The summed E-state index contributed by atoms with van der Waals surface area (Å²) >= 11 is 0. The standard InChI is InChI=1S/C16H14FNO2/c1-8-2-5-11(7-12(8)17)18-15(19)13-9-3-4-10(6-9)14(13)16(18)20/h2-5,7,9-10,13-14H,6H2,1H3/t9-,10-,13-,14+/m0/s1. The molecular weight excluding hydrogens is 257 g/mol. The Morgan fingerprint density at radius 2 is 1.70 bits per heavy atom. The molecule has 0 spiro atoms. The zero-order valence-electron chi connectivity index (χ0n) is 11.0. The van der Waals surface area contributed by atoms with Gasteiger partial charge in [-0.05, 0) is 42.9 Å². The highest BCUT2D eigenvalue weighted by Crippen LogP contribution is 2.53. The van der Waals surface area contributed by atoms with Gasteiger partial charge in [-0.2, -0.15) is 0 Å². The van der Waals surface area contributed by atoms with E-state index in [1.807, 2.05) is 0 Å². The lowest BCUT2D eigenvalue weighted by molar-refractivity contribution is -0.123. The summed E-state index contributed by atoms with van der Waals surface area (Å²) in [7, 11) is 0. The molecule has 0 unspecified atom stereocenters. The summed E-state index contributed by atoms with van der Waals surface area (Å²) < 4.78 is 13.7. The number of hydrogen-bond donors (Lipinski definition) is 0. The van der Waals surface area contributed by atoms with E-state index in [-0.39, 0.29) is 41.3 Å². The van der Waals surface area contributed by atoms with Crippen LogP contribution in [0.25, 0.3) is 0 Å². The van der Waals surface area contributed by atoms with Gasteiger partial charge in [0.05, 0.1) is 17.5 Å². The van der Waals surface area contributed by atoms with Gasteiger partial charge in [0, 0.05) is 0 Å². The van der Waals surface area contributed by atoms with E-state index in [9.17, 15) is 14.0 Å². The molecule has 1 aromatic rings. The number of amides is 2. The topological polar surface area (TPSA) is 37.4 Å². The minimum Gasteiger partial charge on any atom is -0.274 e. The van der Waals surface area contributed by atoms with Crippen LogP contribution in [0.4, 0.5) is 10.1 Å². The molecule has 4 atom stereocenters. The molecule has 4 heteroatoms. The third-order valence-corrected chi connectivity index (χ3v) is 4.88. The van der Waals surface area contributed by atoms with Gasteiger partial charge in [0.25, 0.3) is 0 Å². The first-order valence-electron chi connectivity index (χ1n) is 6.90. The Balaban J connectivity index is 1.76. The van der Waals surface area contributed by atoms with Crippen LogP contribution in [0.3, 0.4) is 0 Å². The third kappa shape index (κ3) is 1.34. The second-order valence-corrected chi connectivity index (χ2v) is 5.95. The van der Waals surface area contributed by atoms with Crippen LogP contribution in [-0.2, 0) is 9.59 Å². The largest absolute Gasteiger partial charge is 0.274 e. The van der Waals surface area contributed by atoms with Crippen molar-refractivity contribution in [3.8, 4) is 0 Å². The van der Waals surface area contributed by atoms with Crippen molar-refractivity contribution in [3.63, 3.8) is 0 Å². The number of imide groups is 1. The number of allylic oxidation sites excluding steroid dienone is 2. The molecule has 1 heterocycles. The maximum Gasteiger partial charge on any atom is 0.238 e. The Hall–Kier alpha value is -1.97. The van der Waals surface area contributed by atoms with Gasteiger partial charge in [0.1, 0.15) is 5.82 Å². The van der Waals surface area contributed by atoms with Crippen LogP contribution < -0.4 is 4.90 Å². The van der Waals surface area contributed by atoms with E-state index >= 15 is 0 Å². The summed E-state index contributed by atoms with van der Waals surface area (Å²) in [6.45, 7) is 1.66. The molecule has 1 saturated heterocycles. The molecular formula is C16H14FNO2. The fourth-order valence-electron chi connectivity index (χ4n) is 3.88. The molecule has 2 amide bonds. The maximum atomic E-state index is 13.7. The van der Waals surface area contributed by atoms with E-state index in [4.69, 9.17) is 0 Å². The van der Waals surface area contributed by atoms with Gasteiger partial charge in [-0.3, -0.25) is 9.59 Å². The first kappa shape index (κ1) is 11.8. The van der Waals surface area contributed by atoms with Gasteiger partial charge in [-0.15, -0.1) is 0 Å². The minimum atomic E-state index is -0.388. The Kier molecular flexibility index (Phi) is 2.23. The summed E-state index contributed by atoms with van der Waals surface area (Å²) in [5.41, 5.74) is 0.867. The van der Waals surface area contributed by atoms with E-state index < -0.39 is 0 Å². The number of aryl methyl sites for hydroxylation is 1. The summed E-state index contributed by atoms with van der Waals surface area (Å²) in [5.74, 6) is -0.825. The first-order valence-corrected chi connectivity index (χ1v) is 6.90. The van der Waals surface area contributed by atoms with Crippen LogP contribution >= 0.6 is 0 Å². The summed E-state index contributed by atoms with van der Waals surface area (Å²) in [6.07, 6.45) is 5.01. The number of fused-ring (bicyclic) bond motifs is 5. The molecule has 0 radical (unpaired) electrons. The van der Waals surface area contributed by atoms with Gasteiger partial charge in [0.15, 0.2) is 0 Å². The molecule has 0 N–H and O–H groups in total. The van der Waals surface area contributed by atoms with Crippen LogP contribution in [0.1, 0.15) is 12.0 Å². The molecule has 2 fully saturated rings. The van der Waals surface area contributed by atoms with Crippen molar-refractivity contribution < 1.29 is 14.0 Å². The number of halogens is 1. The smallest absolute Gasteiger partial charge is 0.238 e. The highest BCUT2D eigenvalue weighted by Gasteiger charge is 2.59. The van der Waals surface area contributed by atoms with Crippen LogP contribution in [-0.4, -0.2) is 11.8 Å². The summed E-state index contributed by atoms with van der Waals surface area (Å²) in [5, 5.41) is 0. The molecule has 1 aliphatic heterocycles. The van der Waals surface area contributed by atoms with Crippen molar-refractivity contribution in [1.29, 1.82) is 0 Å². The SMILES string of the molecule is Cc1ccc(N2C(=O)[C@@H]3[C@H](C2=O)[C@H]2C=C[C@H]3C2)cc1F. The van der Waals surface area contributed by atoms with E-state index in [0.29, 0.717) is 11.3 Å². The molecule has 0 aromatic heterocycles. The molecule has 3 aliphatic rings. The highest BCUT2D eigenvalue weighted by molar-refractivity contribution is 6.22. The Bertz CT molecular complexity index is 636. The third-order valence-electron chi connectivity index (χ3n) is 4.88. The molecule has 3 nitrogen and oxygen atoms in total. The predicted molar refractivity (Wildman–Crippen MR) is 71.3 cm³/mol. The van der Waals surface area contributed by atoms with Crippen LogP contribution in [0.15, 0.2) is 30.4 Å². The number of nitrogens with zero attached hydrogens (tertiary/aromatic N) is 1. The lowest BCUT2D eigenvalue weighted by atomic mass is 9.85. The molecule has 1 aromatic carbocycles. The summed E-state index contributed by atoms with van der Waals surface area (Å²) in [4.78, 5) is 26.2. The van der Waals surface area contributed by atoms with Crippen molar-refractivity contribution in [1.82, 2.24) is 0 Å². The van der Waals surface area contributed by atoms with E-state index in [1.165, 1.54) is 11.0 Å². The molecule has 20 heavy (non-hydrogen) atoms. The monoisotopic (exact) mass is 271 g/mol. The number of benzene rings is 1. The van der Waals surface area contributed by atoms with Crippen molar-refractivity contribution in [3.05, 3.63) is 41.7 Å². The van der Waals surface area contributed by atoms with E-state index in [1.54, 1.807) is 19.1 Å². The lowest BCUT2D eigenvalue weighted by Gasteiger charge is -2.17. The molecule has 2 aliphatic carbocycles. The molecule has 4 rings (SSSR count). The van der Waals surface area contributed by atoms with Gasteiger partial charge < -0.3 is 0 Å². The van der Waals surface area contributed by atoms with Gasteiger partial charge in [-0.25, -0.2) is 9.29 Å². The number of rotatable bonds is 1. The fraction of sp³-hybridized carbons (Fsp3) is 0.375. The number of hydrogen-bond acceptors (Lipinski definition) is 2. The number of anilines is 1. The average molecular weight is 271 g/mol. The summed E-state index contributed by atoms with van der Waals surface area (Å²) in [6, 6.07) is 4.53. The van der Waals surface area contributed by atoms with Crippen molar-refractivity contribution in [2.24, 2.45) is 23.7 Å². The zero-order chi connectivity index (χ0) is 14.0. The molecule has 102 valence electrons. The normalized spacial score (nSPS) is 34.2. The molecule has 1 saturated carbocycles. The van der Waals surface area contributed by atoms with Crippen molar-refractivity contribution in [2.75, 3.05) is 4.90 Å². The Morgan fingerprint density at radius 3 is 2.25 bits per heavy atom.